The first-order valence-corrected chi connectivity index (χ1v) is 10.7. The summed E-state index contributed by atoms with van der Waals surface area (Å²) >= 11 is 6.47. The van der Waals surface area contributed by atoms with Gasteiger partial charge < -0.3 is 9.64 Å². The molecule has 1 aliphatic carbocycles. The van der Waals surface area contributed by atoms with Crippen molar-refractivity contribution in [1.29, 1.82) is 0 Å². The van der Waals surface area contributed by atoms with Gasteiger partial charge in [-0.15, -0.1) is 0 Å². The molecular weight excluding hydrogens is 358 g/mol. The molecule has 2 aliphatic rings. The van der Waals surface area contributed by atoms with E-state index in [1.54, 1.807) is 0 Å². The van der Waals surface area contributed by atoms with E-state index in [1.165, 1.54) is 24.8 Å². The fourth-order valence-corrected chi connectivity index (χ4v) is 4.86. The van der Waals surface area contributed by atoms with Crippen molar-refractivity contribution in [1.82, 2.24) is 4.90 Å². The number of amides is 1. The maximum atomic E-state index is 13.3. The molecule has 1 aromatic carbocycles. The van der Waals surface area contributed by atoms with E-state index in [0.717, 1.165) is 30.0 Å². The fraction of sp³-hybridized carbons (Fsp3) is 0.609. The number of likely N-dealkylation sites (tertiary alicyclic amines) is 1. The topological polar surface area (TPSA) is 29.5 Å². The lowest BCUT2D eigenvalue weighted by Gasteiger charge is -2.31. The number of allylic oxidation sites excluding steroid dienone is 1. The van der Waals surface area contributed by atoms with E-state index in [2.05, 4.69) is 17.9 Å². The highest BCUT2D eigenvalue weighted by Gasteiger charge is 2.43. The lowest BCUT2D eigenvalue weighted by atomic mass is 9.88. The summed E-state index contributed by atoms with van der Waals surface area (Å²) in [5, 5.41) is 0.771. The predicted octanol–water partition coefficient (Wildman–Crippen LogP) is 5.19. The van der Waals surface area contributed by atoms with Gasteiger partial charge in [-0.3, -0.25) is 4.79 Å². The van der Waals surface area contributed by atoms with Gasteiger partial charge in [0.2, 0.25) is 5.91 Å². The Hall–Kier alpha value is -1.32. The maximum Gasteiger partial charge on any atom is 0.226 e. The number of aryl methyl sites for hydroxylation is 1. The van der Waals surface area contributed by atoms with Crippen LogP contribution < -0.4 is 0 Å². The fourth-order valence-electron chi connectivity index (χ4n) is 4.56. The minimum atomic E-state index is -0.0314. The van der Waals surface area contributed by atoms with E-state index in [1.807, 2.05) is 31.2 Å². The summed E-state index contributed by atoms with van der Waals surface area (Å²) in [6.07, 6.45) is 10.8. The van der Waals surface area contributed by atoms with Gasteiger partial charge in [0, 0.05) is 29.4 Å². The van der Waals surface area contributed by atoms with Crippen LogP contribution in [-0.2, 0) is 16.0 Å². The second-order valence-electron chi connectivity index (χ2n) is 7.99. The molecule has 1 saturated heterocycles. The maximum absolute atomic E-state index is 13.3. The third-order valence-corrected chi connectivity index (χ3v) is 6.53. The smallest absolute Gasteiger partial charge is 0.226 e. The molecule has 1 heterocycles. The van der Waals surface area contributed by atoms with Gasteiger partial charge in [0.15, 0.2) is 0 Å². The second-order valence-corrected chi connectivity index (χ2v) is 8.40. The largest absolute Gasteiger partial charge is 0.377 e. The Kier molecular flexibility index (Phi) is 7.37. The first-order valence-electron chi connectivity index (χ1n) is 10.3. The second kappa shape index (κ2) is 9.75. The Balaban J connectivity index is 1.76. The molecule has 0 radical (unpaired) electrons. The molecule has 2 fully saturated rings. The van der Waals surface area contributed by atoms with Gasteiger partial charge in [-0.1, -0.05) is 55.1 Å². The highest BCUT2D eigenvalue weighted by atomic mass is 35.5. The number of carbonyl (C=O) groups is 1. The summed E-state index contributed by atoms with van der Waals surface area (Å²) in [6, 6.07) is 6.40. The van der Waals surface area contributed by atoms with E-state index in [9.17, 15) is 4.79 Å². The molecule has 2 atom stereocenters. The third kappa shape index (κ3) is 4.94. The van der Waals surface area contributed by atoms with Crippen LogP contribution in [0.5, 0.6) is 0 Å². The van der Waals surface area contributed by atoms with Crippen molar-refractivity contribution in [3.8, 4) is 0 Å². The molecule has 27 heavy (non-hydrogen) atoms. The molecule has 1 amide bonds. The molecule has 3 rings (SSSR count). The van der Waals surface area contributed by atoms with Crippen LogP contribution in [0.4, 0.5) is 0 Å². The summed E-state index contributed by atoms with van der Waals surface area (Å²) in [6.45, 7) is 6.15. The van der Waals surface area contributed by atoms with Crippen LogP contribution in [-0.4, -0.2) is 36.6 Å². The van der Waals surface area contributed by atoms with Crippen LogP contribution in [0.15, 0.2) is 30.4 Å². The van der Waals surface area contributed by atoms with E-state index in [0.29, 0.717) is 31.6 Å². The average molecular weight is 390 g/mol. The van der Waals surface area contributed by atoms with Crippen LogP contribution in [0.2, 0.25) is 5.02 Å². The molecule has 0 N–H and O–H groups in total. The minimum Gasteiger partial charge on any atom is -0.377 e. The van der Waals surface area contributed by atoms with Gasteiger partial charge in [-0.25, -0.2) is 0 Å². The number of hydrogen-bond donors (Lipinski definition) is 0. The van der Waals surface area contributed by atoms with Gasteiger partial charge >= 0.3 is 0 Å². The molecular formula is C23H32ClNO2. The molecule has 148 valence electrons. The first kappa shape index (κ1) is 20.4. The van der Waals surface area contributed by atoms with Crippen LogP contribution in [0.25, 0.3) is 0 Å². The summed E-state index contributed by atoms with van der Waals surface area (Å²) in [5.41, 5.74) is 2.28. The van der Waals surface area contributed by atoms with Crippen LogP contribution in [0, 0.1) is 18.8 Å². The first-order chi connectivity index (χ1) is 13.1. The van der Waals surface area contributed by atoms with Gasteiger partial charge in [0.25, 0.3) is 0 Å². The Morgan fingerprint density at radius 2 is 2.04 bits per heavy atom. The summed E-state index contributed by atoms with van der Waals surface area (Å²) in [4.78, 5) is 15.5. The van der Waals surface area contributed by atoms with E-state index in [-0.39, 0.29) is 11.8 Å². The van der Waals surface area contributed by atoms with Gasteiger partial charge in [0.05, 0.1) is 13.2 Å². The highest BCUT2D eigenvalue weighted by molar-refractivity contribution is 6.31. The van der Waals surface area contributed by atoms with Crippen LogP contribution in [0.1, 0.15) is 50.2 Å². The summed E-state index contributed by atoms with van der Waals surface area (Å²) in [7, 11) is 0. The molecule has 1 saturated carbocycles. The number of ether oxygens (including phenoxy) is 1. The molecule has 1 aromatic rings. The van der Waals surface area contributed by atoms with Crippen LogP contribution >= 0.6 is 11.6 Å². The lowest BCUT2D eigenvalue weighted by molar-refractivity contribution is -0.133. The third-order valence-electron chi connectivity index (χ3n) is 6.17. The number of nitrogens with zero attached hydrogens (tertiary/aromatic N) is 1. The van der Waals surface area contributed by atoms with Crippen molar-refractivity contribution in [2.24, 2.45) is 11.8 Å². The summed E-state index contributed by atoms with van der Waals surface area (Å²) < 4.78 is 5.87. The van der Waals surface area contributed by atoms with Gasteiger partial charge in [-0.2, -0.15) is 0 Å². The van der Waals surface area contributed by atoms with Crippen LogP contribution in [0.3, 0.4) is 0 Å². The monoisotopic (exact) mass is 389 g/mol. The van der Waals surface area contributed by atoms with Crippen molar-refractivity contribution >= 4 is 17.5 Å². The average Bonchev–Trinajstić information content (AvgIpc) is 2.98. The zero-order chi connectivity index (χ0) is 19.2. The van der Waals surface area contributed by atoms with Crippen molar-refractivity contribution in [3.05, 3.63) is 46.5 Å². The number of hydrogen-bond acceptors (Lipinski definition) is 2. The molecule has 4 heteroatoms. The lowest BCUT2D eigenvalue weighted by Crippen LogP contribution is -2.39. The Morgan fingerprint density at radius 3 is 2.74 bits per heavy atom. The molecule has 2 unspecified atom stereocenters. The van der Waals surface area contributed by atoms with Gasteiger partial charge in [-0.05, 0) is 50.3 Å². The van der Waals surface area contributed by atoms with E-state index in [4.69, 9.17) is 16.3 Å². The zero-order valence-corrected chi connectivity index (χ0v) is 17.4. The Labute approximate surface area is 168 Å². The molecule has 0 spiro atoms. The Bertz CT molecular complexity index is 646. The zero-order valence-electron chi connectivity index (χ0n) is 16.6. The van der Waals surface area contributed by atoms with Crippen molar-refractivity contribution in [2.45, 2.75) is 58.4 Å². The SMILES string of the molecule is C/C=C\COCC1CN(C2CCCCC2)C(=O)C1Cc1c(C)cccc1Cl. The Morgan fingerprint density at radius 1 is 1.26 bits per heavy atom. The molecule has 0 aromatic heterocycles. The van der Waals surface area contributed by atoms with Crippen molar-refractivity contribution < 1.29 is 9.53 Å². The van der Waals surface area contributed by atoms with Gasteiger partial charge in [0.1, 0.15) is 0 Å². The quantitative estimate of drug-likeness (QED) is 0.474. The van der Waals surface area contributed by atoms with Crippen molar-refractivity contribution in [2.75, 3.05) is 19.8 Å². The van der Waals surface area contributed by atoms with Crippen molar-refractivity contribution in [3.63, 3.8) is 0 Å². The van der Waals surface area contributed by atoms with E-state index >= 15 is 0 Å². The highest BCUT2D eigenvalue weighted by Crippen LogP contribution is 2.35. The molecule has 1 aliphatic heterocycles. The number of rotatable bonds is 7. The normalized spacial score (nSPS) is 24.3. The molecule has 3 nitrogen and oxygen atoms in total. The molecule has 0 bridgehead atoms. The predicted molar refractivity (Wildman–Crippen MR) is 111 cm³/mol. The number of carbonyl (C=O) groups excluding carboxylic acids is 1. The standard InChI is InChI=1S/C23H32ClNO2/c1-3-4-13-27-16-18-15-25(19-10-6-5-7-11-19)23(26)21(18)14-20-17(2)9-8-12-22(20)24/h3-4,8-9,12,18-19,21H,5-7,10-11,13-16H2,1-2H3/b4-3-. The number of benzene rings is 1. The number of halogens is 1. The summed E-state index contributed by atoms with van der Waals surface area (Å²) in [5.74, 6) is 0.511. The minimum absolute atomic E-state index is 0.0314. The van der Waals surface area contributed by atoms with E-state index < -0.39 is 0 Å².